The number of carboxylic acid groups (broad SMARTS) is 1. The Morgan fingerprint density at radius 1 is 1.14 bits per heavy atom. The first-order chi connectivity index (χ1) is 13.4. The molecule has 5 nitrogen and oxygen atoms in total. The normalized spacial score (nSPS) is 14.2. The first-order valence-electron chi connectivity index (χ1n) is 9.00. The van der Waals surface area contributed by atoms with Crippen LogP contribution in [0.15, 0.2) is 54.6 Å². The molecule has 1 heterocycles. The van der Waals surface area contributed by atoms with Gasteiger partial charge < -0.3 is 19.9 Å². The molecule has 0 fully saturated rings. The number of carbonyl (C=O) groups is 1. The summed E-state index contributed by atoms with van der Waals surface area (Å²) in [7, 11) is 1.59. The fourth-order valence-electron chi connectivity index (χ4n) is 3.40. The lowest BCUT2D eigenvalue weighted by molar-refractivity contribution is 0.0698. The Kier molecular flexibility index (Phi) is 4.23. The molecule has 142 valence electrons. The van der Waals surface area contributed by atoms with Crippen molar-refractivity contribution in [3.63, 3.8) is 0 Å². The first-order valence-corrected chi connectivity index (χ1v) is 9.00. The molecule has 0 aliphatic carbocycles. The van der Waals surface area contributed by atoms with Gasteiger partial charge in [-0.1, -0.05) is 30.3 Å². The number of hydrogen-bond donors (Lipinski definition) is 2. The van der Waals surface area contributed by atoms with Gasteiger partial charge in [0, 0.05) is 23.1 Å². The Morgan fingerprint density at radius 2 is 1.93 bits per heavy atom. The summed E-state index contributed by atoms with van der Waals surface area (Å²) >= 11 is 0. The molecule has 0 atom stereocenters. The van der Waals surface area contributed by atoms with Crippen molar-refractivity contribution in [1.29, 1.82) is 0 Å². The Balaban J connectivity index is 1.91. The zero-order valence-electron chi connectivity index (χ0n) is 15.9. The number of carboxylic acids is 1. The van der Waals surface area contributed by atoms with Gasteiger partial charge in [0.15, 0.2) is 0 Å². The number of methoxy groups -OCH3 is 1. The minimum atomic E-state index is -0.988. The molecule has 28 heavy (non-hydrogen) atoms. The molecule has 0 bridgehead atoms. The van der Waals surface area contributed by atoms with Crippen molar-refractivity contribution >= 4 is 34.2 Å². The Labute approximate surface area is 163 Å². The number of nitrogens with one attached hydrogen (secondary N) is 1. The third kappa shape index (κ3) is 3.16. The van der Waals surface area contributed by atoms with Crippen LogP contribution in [-0.2, 0) is 0 Å². The van der Waals surface area contributed by atoms with E-state index < -0.39 is 11.6 Å². The van der Waals surface area contributed by atoms with E-state index in [4.69, 9.17) is 9.47 Å². The van der Waals surface area contributed by atoms with E-state index in [0.717, 1.165) is 22.0 Å². The van der Waals surface area contributed by atoms with Gasteiger partial charge in [0.2, 0.25) is 0 Å². The quantitative estimate of drug-likeness (QED) is 0.632. The molecule has 0 amide bonds. The van der Waals surface area contributed by atoms with Gasteiger partial charge in [0.25, 0.3) is 0 Å². The van der Waals surface area contributed by atoms with E-state index in [1.54, 1.807) is 13.2 Å². The van der Waals surface area contributed by atoms with Crippen molar-refractivity contribution in [3.8, 4) is 11.5 Å². The Bertz CT molecular complexity index is 1120. The molecule has 3 aromatic carbocycles. The summed E-state index contributed by atoms with van der Waals surface area (Å²) in [6.07, 6.45) is 3.97. The second-order valence-electron chi connectivity index (χ2n) is 7.27. The molecule has 0 saturated heterocycles. The lowest BCUT2D eigenvalue weighted by Gasteiger charge is -2.29. The van der Waals surface area contributed by atoms with E-state index in [2.05, 4.69) is 5.32 Å². The first kappa shape index (κ1) is 17.9. The number of hydrogen-bond acceptors (Lipinski definition) is 4. The summed E-state index contributed by atoms with van der Waals surface area (Å²) in [5, 5.41) is 14.8. The number of benzene rings is 3. The third-order valence-electron chi connectivity index (χ3n) is 4.79. The van der Waals surface area contributed by atoms with Gasteiger partial charge in [-0.25, -0.2) is 4.79 Å². The second-order valence-corrected chi connectivity index (χ2v) is 7.27. The predicted molar refractivity (Wildman–Crippen MR) is 111 cm³/mol. The van der Waals surface area contributed by atoms with Crippen LogP contribution in [-0.4, -0.2) is 23.8 Å². The van der Waals surface area contributed by atoms with Crippen molar-refractivity contribution in [3.05, 3.63) is 65.7 Å². The van der Waals surface area contributed by atoms with E-state index in [1.807, 2.05) is 68.5 Å². The molecule has 1 aliphatic rings. The maximum Gasteiger partial charge on any atom is 0.337 e. The largest absolute Gasteiger partial charge is 0.497 e. The van der Waals surface area contributed by atoms with E-state index in [0.29, 0.717) is 17.2 Å². The number of anilines is 2. The summed E-state index contributed by atoms with van der Waals surface area (Å²) < 4.78 is 11.5. The minimum absolute atomic E-state index is 0.205. The maximum atomic E-state index is 11.8. The molecule has 5 heteroatoms. The molecule has 2 N–H and O–H groups in total. The fraction of sp³-hybridized carbons (Fsp3) is 0.174. The molecule has 0 saturated carbocycles. The third-order valence-corrected chi connectivity index (χ3v) is 4.79. The summed E-state index contributed by atoms with van der Waals surface area (Å²) in [5.41, 5.74) is 1.89. The van der Waals surface area contributed by atoms with Gasteiger partial charge in [-0.05, 0) is 37.5 Å². The van der Waals surface area contributed by atoms with Gasteiger partial charge in [0.1, 0.15) is 17.1 Å². The van der Waals surface area contributed by atoms with Crippen LogP contribution in [0.2, 0.25) is 0 Å². The van der Waals surface area contributed by atoms with E-state index in [1.165, 1.54) is 0 Å². The van der Waals surface area contributed by atoms with Crippen LogP contribution in [0.5, 0.6) is 11.5 Å². The Hall–Kier alpha value is -3.47. The predicted octanol–water partition coefficient (Wildman–Crippen LogP) is 5.47. The van der Waals surface area contributed by atoms with Crippen LogP contribution in [0, 0.1) is 0 Å². The molecule has 0 aromatic heterocycles. The lowest BCUT2D eigenvalue weighted by Crippen LogP contribution is -2.27. The van der Waals surface area contributed by atoms with E-state index >= 15 is 0 Å². The molecule has 3 aromatic rings. The summed E-state index contributed by atoms with van der Waals surface area (Å²) in [6.45, 7) is 3.96. The summed E-state index contributed by atoms with van der Waals surface area (Å²) in [6, 6.07) is 14.8. The topological polar surface area (TPSA) is 67.8 Å². The lowest BCUT2D eigenvalue weighted by atomic mass is 9.99. The zero-order chi connectivity index (χ0) is 19.9. The number of ether oxygens (including phenoxy) is 2. The Morgan fingerprint density at radius 3 is 2.68 bits per heavy atom. The van der Waals surface area contributed by atoms with E-state index in [9.17, 15) is 9.90 Å². The van der Waals surface area contributed by atoms with Gasteiger partial charge in [-0.3, -0.25) is 0 Å². The van der Waals surface area contributed by atoms with Gasteiger partial charge >= 0.3 is 5.97 Å². The van der Waals surface area contributed by atoms with Crippen LogP contribution in [0.4, 0.5) is 11.4 Å². The van der Waals surface area contributed by atoms with Crippen molar-refractivity contribution < 1.29 is 19.4 Å². The van der Waals surface area contributed by atoms with Crippen LogP contribution in [0.3, 0.4) is 0 Å². The van der Waals surface area contributed by atoms with Gasteiger partial charge in [0.05, 0.1) is 24.0 Å². The highest BCUT2D eigenvalue weighted by atomic mass is 16.5. The minimum Gasteiger partial charge on any atom is -0.497 e. The van der Waals surface area contributed by atoms with Gasteiger partial charge in [-0.2, -0.15) is 0 Å². The average Bonchev–Trinajstić information content (AvgIpc) is 2.66. The highest BCUT2D eigenvalue weighted by Crippen LogP contribution is 2.41. The second kappa shape index (κ2) is 6.60. The zero-order valence-corrected chi connectivity index (χ0v) is 15.9. The average molecular weight is 375 g/mol. The highest BCUT2D eigenvalue weighted by Gasteiger charge is 2.25. The van der Waals surface area contributed by atoms with Gasteiger partial charge in [-0.15, -0.1) is 0 Å². The molecule has 4 rings (SSSR count). The van der Waals surface area contributed by atoms with Crippen LogP contribution in [0.25, 0.3) is 16.8 Å². The molecule has 0 radical (unpaired) electrons. The molecular weight excluding hydrogens is 354 g/mol. The molecule has 0 spiro atoms. The van der Waals surface area contributed by atoms with Crippen LogP contribution >= 0.6 is 0 Å². The van der Waals surface area contributed by atoms with Crippen LogP contribution < -0.4 is 14.8 Å². The van der Waals surface area contributed by atoms with Crippen molar-refractivity contribution in [2.45, 2.75) is 19.4 Å². The SMILES string of the molecule is COc1cc(Nc2c(C(=O)O)ccc3ccccc23)c2c(c1)OC(C)(C)C=C2. The molecule has 0 unspecified atom stereocenters. The maximum absolute atomic E-state index is 11.8. The number of rotatable bonds is 4. The highest BCUT2D eigenvalue weighted by molar-refractivity contribution is 6.07. The standard InChI is InChI=1S/C23H21NO4/c1-23(2)11-10-17-19(12-15(27-3)13-20(17)28-23)24-21-16-7-5-4-6-14(16)8-9-18(21)22(25)26/h4-13,24H,1-3H3,(H,25,26). The number of fused-ring (bicyclic) bond motifs is 2. The van der Waals surface area contributed by atoms with Crippen molar-refractivity contribution in [1.82, 2.24) is 0 Å². The van der Waals surface area contributed by atoms with E-state index in [-0.39, 0.29) is 5.56 Å². The van der Waals surface area contributed by atoms with Crippen molar-refractivity contribution in [2.24, 2.45) is 0 Å². The smallest absolute Gasteiger partial charge is 0.337 e. The summed E-state index contributed by atoms with van der Waals surface area (Å²) in [5.74, 6) is 0.328. The monoisotopic (exact) mass is 375 g/mol. The summed E-state index contributed by atoms with van der Waals surface area (Å²) in [4.78, 5) is 11.8. The molecular formula is C23H21NO4. The fourth-order valence-corrected chi connectivity index (χ4v) is 3.40. The van der Waals surface area contributed by atoms with Crippen LogP contribution in [0.1, 0.15) is 29.8 Å². The van der Waals surface area contributed by atoms with Crippen molar-refractivity contribution in [2.75, 3.05) is 12.4 Å². The molecule has 1 aliphatic heterocycles. The number of aromatic carboxylic acids is 1.